The molecule has 0 aliphatic rings. The molecule has 0 fully saturated rings. The monoisotopic (exact) mass is 284 g/mol. The Morgan fingerprint density at radius 1 is 1.37 bits per heavy atom. The summed E-state index contributed by atoms with van der Waals surface area (Å²) < 4.78 is 31.4. The molecular weight excluding hydrogens is 268 g/mol. The summed E-state index contributed by atoms with van der Waals surface area (Å²) in [6, 6.07) is 3.27. The maximum absolute atomic E-state index is 12.0. The molecule has 104 valence electrons. The van der Waals surface area contributed by atoms with E-state index in [2.05, 4.69) is 20.2 Å². The minimum absolute atomic E-state index is 0.0791. The van der Waals surface area contributed by atoms with Crippen molar-refractivity contribution in [3.63, 3.8) is 0 Å². The molecule has 3 N–H and O–H groups in total. The maximum atomic E-state index is 12.0. The molecule has 8 heteroatoms. The third-order valence-corrected chi connectivity index (χ3v) is 3.89. The van der Waals surface area contributed by atoms with E-state index in [9.17, 15) is 8.42 Å². The number of nitrogens with zero attached hydrogens (tertiary/aromatic N) is 1. The summed E-state index contributed by atoms with van der Waals surface area (Å²) in [6.45, 7) is 2.43. The second-order valence-electron chi connectivity index (χ2n) is 4.15. The quantitative estimate of drug-likeness (QED) is 0.717. The van der Waals surface area contributed by atoms with Crippen molar-refractivity contribution < 1.29 is 12.9 Å². The molecule has 0 spiro atoms. The van der Waals surface area contributed by atoms with Crippen LogP contribution in [0.15, 0.2) is 27.7 Å². The standard InChI is InChI=1S/C11H16N4O3S/c1-8-3-10(18-15-8)6-14-19(16,17)11-4-9(5-12-2)13-7-11/h3-4,7,12-14H,5-6H2,1-2H3. The van der Waals surface area contributed by atoms with Crippen LogP contribution in [0.5, 0.6) is 0 Å². The summed E-state index contributed by atoms with van der Waals surface area (Å²) in [4.78, 5) is 3.10. The lowest BCUT2D eigenvalue weighted by atomic mass is 10.4. The minimum Gasteiger partial charge on any atom is -0.363 e. The van der Waals surface area contributed by atoms with Crippen molar-refractivity contribution in [3.8, 4) is 0 Å². The molecule has 2 aromatic rings. The number of H-pyrrole nitrogens is 1. The van der Waals surface area contributed by atoms with Crippen molar-refractivity contribution in [2.45, 2.75) is 24.9 Å². The predicted molar refractivity (Wildman–Crippen MR) is 68.8 cm³/mol. The van der Waals surface area contributed by atoms with E-state index < -0.39 is 10.0 Å². The molecule has 2 rings (SSSR count). The Hall–Kier alpha value is -1.64. The molecule has 0 atom stereocenters. The third kappa shape index (κ3) is 3.43. The lowest BCUT2D eigenvalue weighted by Crippen LogP contribution is -2.22. The van der Waals surface area contributed by atoms with Crippen LogP contribution in [0.3, 0.4) is 0 Å². The number of hydrogen-bond donors (Lipinski definition) is 3. The number of aromatic amines is 1. The first kappa shape index (κ1) is 13.8. The van der Waals surface area contributed by atoms with Crippen LogP contribution >= 0.6 is 0 Å². The summed E-state index contributed by atoms with van der Waals surface area (Å²) >= 11 is 0. The van der Waals surface area contributed by atoms with Gasteiger partial charge in [-0.05, 0) is 20.0 Å². The smallest absolute Gasteiger partial charge is 0.242 e. The first-order valence-electron chi connectivity index (χ1n) is 5.75. The molecule has 0 radical (unpaired) electrons. The van der Waals surface area contributed by atoms with Gasteiger partial charge in [0.15, 0.2) is 5.76 Å². The molecule has 2 aromatic heterocycles. The molecule has 0 bridgehead atoms. The number of rotatable bonds is 6. The maximum Gasteiger partial charge on any atom is 0.242 e. The highest BCUT2D eigenvalue weighted by atomic mass is 32.2. The topological polar surface area (TPSA) is 100 Å². The van der Waals surface area contributed by atoms with Gasteiger partial charge in [0.2, 0.25) is 10.0 Å². The van der Waals surface area contributed by atoms with E-state index in [0.717, 1.165) is 5.69 Å². The van der Waals surface area contributed by atoms with Gasteiger partial charge in [-0.2, -0.15) is 0 Å². The van der Waals surface area contributed by atoms with Crippen molar-refractivity contribution in [2.24, 2.45) is 0 Å². The van der Waals surface area contributed by atoms with Gasteiger partial charge < -0.3 is 14.8 Å². The Morgan fingerprint density at radius 2 is 2.16 bits per heavy atom. The average Bonchev–Trinajstić information content (AvgIpc) is 2.97. The Kier molecular flexibility index (Phi) is 4.03. The van der Waals surface area contributed by atoms with Gasteiger partial charge in [-0.3, -0.25) is 0 Å². The Labute approximate surface area is 111 Å². The second-order valence-corrected chi connectivity index (χ2v) is 5.92. The normalized spacial score (nSPS) is 11.9. The van der Waals surface area contributed by atoms with Crippen LogP contribution in [-0.2, 0) is 23.1 Å². The zero-order chi connectivity index (χ0) is 13.9. The van der Waals surface area contributed by atoms with Crippen molar-refractivity contribution in [2.75, 3.05) is 7.05 Å². The number of sulfonamides is 1. The van der Waals surface area contributed by atoms with Gasteiger partial charge in [0.25, 0.3) is 0 Å². The number of hydrogen-bond acceptors (Lipinski definition) is 5. The Bertz CT molecular complexity index is 644. The first-order valence-corrected chi connectivity index (χ1v) is 7.23. The number of nitrogens with one attached hydrogen (secondary N) is 3. The van der Waals surface area contributed by atoms with Crippen LogP contribution in [0.1, 0.15) is 17.1 Å². The fraction of sp³-hybridized carbons (Fsp3) is 0.364. The van der Waals surface area contributed by atoms with Crippen LogP contribution in [0.2, 0.25) is 0 Å². The van der Waals surface area contributed by atoms with Gasteiger partial charge in [0.05, 0.1) is 17.1 Å². The van der Waals surface area contributed by atoms with Crippen molar-refractivity contribution >= 4 is 10.0 Å². The van der Waals surface area contributed by atoms with Gasteiger partial charge in [-0.1, -0.05) is 5.16 Å². The summed E-state index contributed by atoms with van der Waals surface area (Å²) in [7, 11) is -1.75. The number of aryl methyl sites for hydroxylation is 1. The lowest BCUT2D eigenvalue weighted by Gasteiger charge is -2.01. The third-order valence-electron chi connectivity index (χ3n) is 2.51. The highest BCUT2D eigenvalue weighted by molar-refractivity contribution is 7.89. The van der Waals surface area contributed by atoms with Crippen LogP contribution in [-0.4, -0.2) is 25.6 Å². The molecule has 0 aromatic carbocycles. The fourth-order valence-corrected chi connectivity index (χ4v) is 2.63. The van der Waals surface area contributed by atoms with Gasteiger partial charge in [-0.15, -0.1) is 0 Å². The van der Waals surface area contributed by atoms with E-state index in [1.807, 2.05) is 0 Å². The Morgan fingerprint density at radius 3 is 2.79 bits per heavy atom. The molecule has 0 aliphatic heterocycles. The van der Waals surface area contributed by atoms with Crippen LogP contribution in [0, 0.1) is 6.92 Å². The highest BCUT2D eigenvalue weighted by Crippen LogP contribution is 2.11. The van der Waals surface area contributed by atoms with Crippen LogP contribution < -0.4 is 10.0 Å². The molecule has 0 amide bonds. The molecule has 7 nitrogen and oxygen atoms in total. The summed E-state index contributed by atoms with van der Waals surface area (Å²) in [5.41, 5.74) is 1.52. The van der Waals surface area contributed by atoms with Crippen LogP contribution in [0.25, 0.3) is 0 Å². The zero-order valence-electron chi connectivity index (χ0n) is 10.7. The highest BCUT2D eigenvalue weighted by Gasteiger charge is 2.16. The molecule has 0 aliphatic carbocycles. The van der Waals surface area contributed by atoms with Crippen molar-refractivity contribution in [1.29, 1.82) is 0 Å². The van der Waals surface area contributed by atoms with Gasteiger partial charge >= 0.3 is 0 Å². The van der Waals surface area contributed by atoms with E-state index in [1.54, 1.807) is 26.1 Å². The second kappa shape index (κ2) is 5.55. The largest absolute Gasteiger partial charge is 0.363 e. The average molecular weight is 284 g/mol. The molecule has 0 unspecified atom stereocenters. The number of aromatic nitrogens is 2. The van der Waals surface area contributed by atoms with Gasteiger partial charge in [0.1, 0.15) is 0 Å². The predicted octanol–water partition coefficient (Wildman–Crippen LogP) is 0.509. The Balaban J connectivity index is 2.04. The van der Waals surface area contributed by atoms with Crippen molar-refractivity contribution in [3.05, 3.63) is 35.5 Å². The first-order chi connectivity index (χ1) is 9.01. The SMILES string of the molecule is CNCc1cc(S(=O)(=O)NCc2cc(C)no2)c[nH]1. The van der Waals surface area contributed by atoms with E-state index >= 15 is 0 Å². The van der Waals surface area contributed by atoms with Crippen molar-refractivity contribution in [1.82, 2.24) is 20.2 Å². The fourth-order valence-electron chi connectivity index (χ4n) is 1.62. The van der Waals surface area contributed by atoms with Gasteiger partial charge in [-0.25, -0.2) is 13.1 Å². The molecule has 2 heterocycles. The lowest BCUT2D eigenvalue weighted by molar-refractivity contribution is 0.377. The summed E-state index contributed by atoms with van der Waals surface area (Å²) in [5, 5.41) is 6.63. The molecule has 0 saturated carbocycles. The summed E-state index contributed by atoms with van der Waals surface area (Å²) in [6.07, 6.45) is 1.46. The molecule has 0 saturated heterocycles. The zero-order valence-corrected chi connectivity index (χ0v) is 11.5. The van der Waals surface area contributed by atoms with E-state index in [4.69, 9.17) is 4.52 Å². The van der Waals surface area contributed by atoms with Gasteiger partial charge in [0, 0.05) is 24.5 Å². The van der Waals surface area contributed by atoms with E-state index in [0.29, 0.717) is 18.0 Å². The van der Waals surface area contributed by atoms with Crippen LogP contribution in [0.4, 0.5) is 0 Å². The van der Waals surface area contributed by atoms with E-state index in [-0.39, 0.29) is 11.4 Å². The molecular formula is C11H16N4O3S. The van der Waals surface area contributed by atoms with E-state index in [1.165, 1.54) is 6.20 Å². The summed E-state index contributed by atoms with van der Waals surface area (Å²) in [5.74, 6) is 0.479. The minimum atomic E-state index is -3.54. The molecule has 19 heavy (non-hydrogen) atoms.